The van der Waals surface area contributed by atoms with E-state index >= 15 is 0 Å². The first-order valence-electron chi connectivity index (χ1n) is 6.20. The molecule has 0 aliphatic carbocycles. The average molecular weight is 500 g/mol. The fraction of sp³-hybridized carbons (Fsp3) is 1.00. The van der Waals surface area contributed by atoms with Crippen molar-refractivity contribution in [2.75, 3.05) is 6.61 Å². The lowest BCUT2D eigenvalue weighted by Crippen LogP contribution is -2.62. The molecule has 0 aromatic carbocycles. The molecule has 0 aromatic rings. The van der Waals surface area contributed by atoms with Gasteiger partial charge >= 0.3 is 41.6 Å². The Hall–Kier alpha value is -0.600. The Balaban J connectivity index is 3.42. The molecule has 1 rings (SSSR count). The van der Waals surface area contributed by atoms with Gasteiger partial charge in [-0.2, -0.15) is 33.7 Å². The Kier molecular flexibility index (Phi) is 7.85. The highest BCUT2D eigenvalue weighted by Crippen LogP contribution is 2.30. The predicted molar refractivity (Wildman–Crippen MR) is 77.6 cm³/mol. The van der Waals surface area contributed by atoms with E-state index in [0.717, 1.165) is 0 Å². The molecule has 1 aliphatic rings. The van der Waals surface area contributed by atoms with Crippen LogP contribution in [0.15, 0.2) is 0 Å². The van der Waals surface area contributed by atoms with E-state index in [1.165, 1.54) is 0 Å². The summed E-state index contributed by atoms with van der Waals surface area (Å²) in [6, 6.07) is 0. The van der Waals surface area contributed by atoms with E-state index < -0.39 is 78.9 Å². The van der Waals surface area contributed by atoms with Gasteiger partial charge in [-0.1, -0.05) is 0 Å². The lowest BCUT2D eigenvalue weighted by Gasteiger charge is -2.41. The quantitative estimate of drug-likeness (QED) is 0.189. The molecule has 0 spiro atoms. The van der Waals surface area contributed by atoms with Crippen LogP contribution in [0.4, 0.5) is 0 Å². The third-order valence-electron chi connectivity index (χ3n) is 2.69. The second-order valence-electron chi connectivity index (χ2n) is 4.74. The van der Waals surface area contributed by atoms with E-state index in [0.29, 0.717) is 0 Å². The number of hydrogen-bond donors (Lipinski definition) is 5. The molecule has 5 N–H and O–H groups in total. The van der Waals surface area contributed by atoms with Crippen LogP contribution in [0.3, 0.4) is 0 Å². The minimum absolute atomic E-state index is 1.42. The predicted octanol–water partition coefficient (Wildman–Crippen LogP) is -3.91. The molecule has 0 radical (unpaired) electrons. The van der Waals surface area contributed by atoms with Crippen molar-refractivity contribution in [1.29, 1.82) is 0 Å². The molecule has 0 bridgehead atoms. The molecule has 0 amide bonds. The standard InChI is InChI=1S/C6H12O18S4/c7-6-5(24-28(17,18)19)4(23-27(14,15)16)3(22-26(11,12)13)2(21-6)1-20-25(8,9)10/h2-7H,1H2,(H,8,9,10)(H,11,12,13)(H,14,15,16)(H,17,18,19)/t2-,3-,4+,5-,6?/m1/s1. The molecule has 5 atom stereocenters. The van der Waals surface area contributed by atoms with Crippen LogP contribution in [0.2, 0.25) is 0 Å². The van der Waals surface area contributed by atoms with Gasteiger partial charge in [0, 0.05) is 0 Å². The lowest BCUT2D eigenvalue weighted by molar-refractivity contribution is -0.270. The van der Waals surface area contributed by atoms with Crippen molar-refractivity contribution in [2.45, 2.75) is 30.7 Å². The van der Waals surface area contributed by atoms with Crippen LogP contribution in [0.25, 0.3) is 0 Å². The Morgan fingerprint density at radius 2 is 1.04 bits per heavy atom. The molecule has 28 heavy (non-hydrogen) atoms. The SMILES string of the molecule is O=S(=O)(O)OC[C@H]1OC(O)[C@H](OS(=O)(=O)O)[C@@H](OS(=O)(=O)O)[C@@H]1OS(=O)(=O)O. The summed E-state index contributed by atoms with van der Waals surface area (Å²) in [7, 11) is -21.8. The Morgan fingerprint density at radius 1 is 0.643 bits per heavy atom. The van der Waals surface area contributed by atoms with Crippen LogP contribution >= 0.6 is 0 Å². The maximum absolute atomic E-state index is 11.0. The van der Waals surface area contributed by atoms with Crippen molar-refractivity contribution in [3.63, 3.8) is 0 Å². The van der Waals surface area contributed by atoms with E-state index in [2.05, 4.69) is 21.5 Å². The fourth-order valence-electron chi connectivity index (χ4n) is 1.93. The third kappa shape index (κ3) is 9.27. The number of rotatable bonds is 9. The summed E-state index contributed by atoms with van der Waals surface area (Å²) in [5, 5.41) is 9.70. The molecule has 1 saturated heterocycles. The van der Waals surface area contributed by atoms with E-state index in [-0.39, 0.29) is 0 Å². The molecule has 18 nitrogen and oxygen atoms in total. The molecule has 1 heterocycles. The highest BCUT2D eigenvalue weighted by molar-refractivity contribution is 7.81. The molecule has 0 saturated carbocycles. The molecular weight excluding hydrogens is 488 g/mol. The van der Waals surface area contributed by atoms with Gasteiger partial charge in [0.1, 0.15) is 18.3 Å². The van der Waals surface area contributed by atoms with Gasteiger partial charge in [0.05, 0.1) is 6.61 Å². The summed E-state index contributed by atoms with van der Waals surface area (Å²) in [5.41, 5.74) is 0. The number of aliphatic hydroxyl groups is 1. The maximum Gasteiger partial charge on any atom is 0.397 e. The smallest absolute Gasteiger partial charge is 0.366 e. The van der Waals surface area contributed by atoms with Crippen molar-refractivity contribution in [2.24, 2.45) is 0 Å². The topological polar surface area (TPSA) is 284 Å². The second-order valence-corrected chi connectivity index (χ2v) is 8.98. The summed E-state index contributed by atoms with van der Waals surface area (Å²) >= 11 is 0. The van der Waals surface area contributed by atoms with Crippen LogP contribution < -0.4 is 0 Å². The van der Waals surface area contributed by atoms with Gasteiger partial charge in [-0.25, -0.2) is 16.7 Å². The third-order valence-corrected chi connectivity index (χ3v) is 4.52. The van der Waals surface area contributed by atoms with Gasteiger partial charge in [0.2, 0.25) is 0 Å². The van der Waals surface area contributed by atoms with Gasteiger partial charge in [0.15, 0.2) is 12.4 Å². The first-order chi connectivity index (χ1) is 12.3. The minimum Gasteiger partial charge on any atom is -0.366 e. The zero-order chi connectivity index (χ0) is 22.1. The van der Waals surface area contributed by atoms with Crippen LogP contribution in [-0.2, 0) is 63.1 Å². The van der Waals surface area contributed by atoms with Crippen molar-refractivity contribution in [1.82, 2.24) is 0 Å². The van der Waals surface area contributed by atoms with Gasteiger partial charge in [0.25, 0.3) is 0 Å². The highest BCUT2D eigenvalue weighted by atomic mass is 32.3. The van der Waals surface area contributed by atoms with E-state index in [9.17, 15) is 38.8 Å². The lowest BCUT2D eigenvalue weighted by atomic mass is 9.99. The Bertz CT molecular complexity index is 959. The van der Waals surface area contributed by atoms with Gasteiger partial charge in [-0.15, -0.1) is 0 Å². The van der Waals surface area contributed by atoms with E-state index in [1.54, 1.807) is 0 Å². The first kappa shape index (κ1) is 25.4. The largest absolute Gasteiger partial charge is 0.397 e. The summed E-state index contributed by atoms with van der Waals surface area (Å²) in [6.07, 6.45) is -12.8. The van der Waals surface area contributed by atoms with Crippen molar-refractivity contribution >= 4 is 41.6 Å². The van der Waals surface area contributed by atoms with Gasteiger partial charge < -0.3 is 9.84 Å². The maximum atomic E-state index is 11.0. The average Bonchev–Trinajstić information content (AvgIpc) is 2.39. The van der Waals surface area contributed by atoms with Crippen LogP contribution in [0, 0.1) is 0 Å². The molecule has 0 aromatic heterocycles. The normalized spacial score (nSPS) is 30.2. The summed E-state index contributed by atoms with van der Waals surface area (Å²) in [5.74, 6) is 0. The van der Waals surface area contributed by atoms with Gasteiger partial charge in [-0.05, 0) is 0 Å². The second kappa shape index (κ2) is 8.64. The van der Waals surface area contributed by atoms with E-state index in [1.807, 2.05) is 0 Å². The Labute approximate surface area is 157 Å². The fourth-order valence-corrected chi connectivity index (χ4v) is 3.74. The summed E-state index contributed by atoms with van der Waals surface area (Å²) in [4.78, 5) is 0. The number of aliphatic hydroxyl groups excluding tert-OH is 1. The summed E-state index contributed by atoms with van der Waals surface area (Å²) < 4.78 is 142. The molecule has 22 heteroatoms. The first-order valence-corrected chi connectivity index (χ1v) is 11.7. The van der Waals surface area contributed by atoms with Crippen molar-refractivity contribution in [3.8, 4) is 0 Å². The molecule has 1 fully saturated rings. The van der Waals surface area contributed by atoms with Gasteiger partial charge in [-0.3, -0.25) is 18.2 Å². The number of hydrogen-bond acceptors (Lipinski definition) is 14. The number of ether oxygens (including phenoxy) is 1. The van der Waals surface area contributed by atoms with Crippen LogP contribution in [-0.4, -0.2) is 94.3 Å². The molecule has 168 valence electrons. The van der Waals surface area contributed by atoms with Crippen LogP contribution in [0.5, 0.6) is 0 Å². The molecular formula is C6H12O18S4. The minimum atomic E-state index is -5.58. The van der Waals surface area contributed by atoms with E-state index in [4.69, 9.17) is 18.2 Å². The zero-order valence-electron chi connectivity index (χ0n) is 12.8. The summed E-state index contributed by atoms with van der Waals surface area (Å²) in [6.45, 7) is -1.42. The zero-order valence-corrected chi connectivity index (χ0v) is 16.0. The molecule has 1 aliphatic heterocycles. The van der Waals surface area contributed by atoms with Crippen molar-refractivity contribution in [3.05, 3.63) is 0 Å². The molecule has 1 unspecified atom stereocenters. The highest BCUT2D eigenvalue weighted by Gasteiger charge is 2.53. The monoisotopic (exact) mass is 500 g/mol. The Morgan fingerprint density at radius 3 is 1.43 bits per heavy atom. The van der Waals surface area contributed by atoms with Crippen LogP contribution in [0.1, 0.15) is 0 Å². The van der Waals surface area contributed by atoms with Crippen molar-refractivity contribution < 1.29 is 78.5 Å².